The van der Waals surface area contributed by atoms with Crippen molar-refractivity contribution in [1.29, 1.82) is 0 Å². The number of allylic oxidation sites excluding steroid dienone is 18. The van der Waals surface area contributed by atoms with E-state index in [2.05, 4.69) is 130 Å². The molecule has 0 aromatic heterocycles. The van der Waals surface area contributed by atoms with Gasteiger partial charge < -0.3 is 14.2 Å². The molecule has 0 rings (SSSR count). The van der Waals surface area contributed by atoms with E-state index in [0.717, 1.165) is 128 Å². The molecule has 6 nitrogen and oxygen atoms in total. The van der Waals surface area contributed by atoms with Crippen LogP contribution >= 0.6 is 0 Å². The van der Waals surface area contributed by atoms with E-state index in [-0.39, 0.29) is 31.1 Å². The Kier molecular flexibility index (Phi) is 64.3. The van der Waals surface area contributed by atoms with E-state index in [1.165, 1.54) is 154 Å². The molecular weight excluding hydrogens is 985 g/mol. The molecule has 0 heterocycles. The Morgan fingerprint density at radius 2 is 0.487 bits per heavy atom. The predicted octanol–water partition coefficient (Wildman–Crippen LogP) is 23.4. The fraction of sp³-hybridized carbons (Fsp3) is 0.716. The number of unbranched alkanes of at least 4 members (excludes halogenated alkanes) is 32. The summed E-state index contributed by atoms with van der Waals surface area (Å²) in [5.41, 5.74) is 0. The first-order valence-electron chi connectivity index (χ1n) is 33.9. The number of hydrogen-bond donors (Lipinski definition) is 0. The standard InChI is InChI=1S/C74H126O6/c1-4-7-10-13-16-19-22-25-28-29-30-31-32-33-34-35-36-37-38-39-40-41-42-43-44-45-47-49-52-55-58-61-64-67-73(76)79-70-71(69-78-72(75)66-63-60-57-54-51-48-27-24-21-18-15-12-9-6-3)80-74(77)68-65-62-59-56-53-50-46-26-23-20-17-14-11-8-5-2/h7,10,16-17,19-20,24-28,30-31,33-34,36-37,46,71H,4-6,8-9,11-15,18,21-23,29,32,35,38-45,47-70H2,1-3H3/b10-7-,19-16-,20-17-,27-24-,28-25-,31-30-,34-33-,37-36-,46-26-. The minimum atomic E-state index is -0.789. The first-order valence-corrected chi connectivity index (χ1v) is 33.9. The molecule has 0 aliphatic heterocycles. The highest BCUT2D eigenvalue weighted by Gasteiger charge is 2.19. The lowest BCUT2D eigenvalue weighted by atomic mass is 10.0. The van der Waals surface area contributed by atoms with E-state index in [1.54, 1.807) is 0 Å². The summed E-state index contributed by atoms with van der Waals surface area (Å²) in [5, 5.41) is 0. The van der Waals surface area contributed by atoms with Crippen LogP contribution in [0, 0.1) is 0 Å². The molecule has 1 unspecified atom stereocenters. The van der Waals surface area contributed by atoms with Gasteiger partial charge in [0, 0.05) is 19.3 Å². The lowest BCUT2D eigenvalue weighted by Gasteiger charge is -2.18. The summed E-state index contributed by atoms with van der Waals surface area (Å²) in [4.78, 5) is 38.3. The van der Waals surface area contributed by atoms with Crippen LogP contribution in [0.25, 0.3) is 0 Å². The second kappa shape index (κ2) is 67.6. The first-order chi connectivity index (χ1) is 39.5. The number of carbonyl (C=O) groups excluding carboxylic acids is 3. The summed E-state index contributed by atoms with van der Waals surface area (Å²) < 4.78 is 16.9. The molecule has 0 N–H and O–H groups in total. The molecule has 6 heteroatoms. The summed E-state index contributed by atoms with van der Waals surface area (Å²) in [5.74, 6) is -0.898. The van der Waals surface area contributed by atoms with Gasteiger partial charge in [0.2, 0.25) is 0 Å². The monoisotopic (exact) mass is 1110 g/mol. The van der Waals surface area contributed by atoms with Crippen LogP contribution in [0.2, 0.25) is 0 Å². The highest BCUT2D eigenvalue weighted by atomic mass is 16.6. The van der Waals surface area contributed by atoms with E-state index in [9.17, 15) is 14.4 Å². The molecule has 0 saturated heterocycles. The Hall–Kier alpha value is -3.93. The topological polar surface area (TPSA) is 78.9 Å². The fourth-order valence-corrected chi connectivity index (χ4v) is 9.41. The van der Waals surface area contributed by atoms with Crippen LogP contribution in [-0.2, 0) is 28.6 Å². The molecule has 80 heavy (non-hydrogen) atoms. The summed E-state index contributed by atoms with van der Waals surface area (Å²) >= 11 is 0. The second-order valence-electron chi connectivity index (χ2n) is 22.3. The minimum Gasteiger partial charge on any atom is -0.462 e. The molecule has 0 fully saturated rings. The molecule has 0 aromatic rings. The quantitative estimate of drug-likeness (QED) is 0.0261. The van der Waals surface area contributed by atoms with Gasteiger partial charge in [-0.05, 0) is 128 Å². The Morgan fingerprint density at radius 3 is 0.800 bits per heavy atom. The van der Waals surface area contributed by atoms with Gasteiger partial charge in [-0.3, -0.25) is 14.4 Å². The van der Waals surface area contributed by atoms with Crippen LogP contribution < -0.4 is 0 Å². The highest BCUT2D eigenvalue weighted by molar-refractivity contribution is 5.71. The van der Waals surface area contributed by atoms with Crippen molar-refractivity contribution in [2.24, 2.45) is 0 Å². The summed E-state index contributed by atoms with van der Waals surface area (Å²) in [6.07, 6.45) is 92.5. The van der Waals surface area contributed by atoms with Crippen LogP contribution in [0.5, 0.6) is 0 Å². The zero-order valence-corrected chi connectivity index (χ0v) is 52.6. The van der Waals surface area contributed by atoms with E-state index >= 15 is 0 Å². The Balaban J connectivity index is 4.21. The minimum absolute atomic E-state index is 0.0849. The van der Waals surface area contributed by atoms with Gasteiger partial charge in [0.05, 0.1) is 0 Å². The van der Waals surface area contributed by atoms with Crippen molar-refractivity contribution in [3.05, 3.63) is 109 Å². The molecule has 458 valence electrons. The van der Waals surface area contributed by atoms with Crippen molar-refractivity contribution in [2.45, 2.75) is 329 Å². The van der Waals surface area contributed by atoms with Crippen molar-refractivity contribution in [2.75, 3.05) is 13.2 Å². The Bertz CT molecular complexity index is 1610. The van der Waals surface area contributed by atoms with Crippen molar-refractivity contribution in [1.82, 2.24) is 0 Å². The van der Waals surface area contributed by atoms with Gasteiger partial charge in [0.25, 0.3) is 0 Å². The molecular formula is C74H126O6. The lowest BCUT2D eigenvalue weighted by molar-refractivity contribution is -0.167. The SMILES string of the molecule is CC/C=C\C/C=C\C/C=C\C/C=C\C/C=C\C/C=C\CCCCCCCCCCCCCCCCC(=O)OCC(COC(=O)CCCCCCC/C=C\CCCCCCC)OC(=O)CCCCCCC/C=C\C/C=C\CCCCC. The first kappa shape index (κ1) is 76.1. The smallest absolute Gasteiger partial charge is 0.306 e. The molecule has 1 atom stereocenters. The summed E-state index contributed by atoms with van der Waals surface area (Å²) in [7, 11) is 0. The molecule has 0 radical (unpaired) electrons. The molecule has 0 spiro atoms. The van der Waals surface area contributed by atoms with Crippen molar-refractivity contribution < 1.29 is 28.6 Å². The zero-order valence-electron chi connectivity index (χ0n) is 52.6. The average Bonchev–Trinajstić information content (AvgIpc) is 3.46. The number of hydrogen-bond acceptors (Lipinski definition) is 6. The molecule has 0 bridgehead atoms. The Labute approximate surface area is 495 Å². The number of rotatable bonds is 61. The summed E-state index contributed by atoms with van der Waals surface area (Å²) in [6.45, 7) is 6.49. The maximum Gasteiger partial charge on any atom is 0.306 e. The number of carbonyl (C=O) groups is 3. The highest BCUT2D eigenvalue weighted by Crippen LogP contribution is 2.16. The van der Waals surface area contributed by atoms with Crippen LogP contribution in [0.1, 0.15) is 323 Å². The van der Waals surface area contributed by atoms with E-state index < -0.39 is 6.10 Å². The van der Waals surface area contributed by atoms with Crippen LogP contribution in [-0.4, -0.2) is 37.2 Å². The van der Waals surface area contributed by atoms with Crippen molar-refractivity contribution in [3.8, 4) is 0 Å². The largest absolute Gasteiger partial charge is 0.462 e. The third-order valence-corrected chi connectivity index (χ3v) is 14.5. The molecule has 0 aromatic carbocycles. The average molecular weight is 1110 g/mol. The third-order valence-electron chi connectivity index (χ3n) is 14.5. The molecule has 0 aliphatic rings. The molecule has 0 saturated carbocycles. The maximum absolute atomic E-state index is 12.9. The third kappa shape index (κ3) is 64.9. The normalized spacial score (nSPS) is 12.8. The van der Waals surface area contributed by atoms with Gasteiger partial charge >= 0.3 is 17.9 Å². The van der Waals surface area contributed by atoms with Crippen molar-refractivity contribution >= 4 is 17.9 Å². The van der Waals surface area contributed by atoms with Crippen LogP contribution in [0.3, 0.4) is 0 Å². The van der Waals surface area contributed by atoms with E-state index in [1.807, 2.05) is 0 Å². The van der Waals surface area contributed by atoms with Gasteiger partial charge in [0.1, 0.15) is 13.2 Å². The van der Waals surface area contributed by atoms with Crippen LogP contribution in [0.4, 0.5) is 0 Å². The van der Waals surface area contributed by atoms with Gasteiger partial charge in [-0.25, -0.2) is 0 Å². The van der Waals surface area contributed by atoms with Gasteiger partial charge in [-0.1, -0.05) is 284 Å². The van der Waals surface area contributed by atoms with E-state index in [4.69, 9.17) is 14.2 Å². The van der Waals surface area contributed by atoms with Gasteiger partial charge in [-0.15, -0.1) is 0 Å². The zero-order chi connectivity index (χ0) is 57.8. The van der Waals surface area contributed by atoms with Gasteiger partial charge in [0.15, 0.2) is 6.10 Å². The van der Waals surface area contributed by atoms with Crippen LogP contribution in [0.15, 0.2) is 109 Å². The Morgan fingerprint density at radius 1 is 0.263 bits per heavy atom. The molecule has 0 amide bonds. The second-order valence-corrected chi connectivity index (χ2v) is 22.3. The van der Waals surface area contributed by atoms with Crippen molar-refractivity contribution in [3.63, 3.8) is 0 Å². The maximum atomic E-state index is 12.9. The fourth-order valence-electron chi connectivity index (χ4n) is 9.41. The lowest BCUT2D eigenvalue weighted by Crippen LogP contribution is -2.30. The van der Waals surface area contributed by atoms with Gasteiger partial charge in [-0.2, -0.15) is 0 Å². The summed E-state index contributed by atoms with van der Waals surface area (Å²) in [6, 6.07) is 0. The predicted molar refractivity (Wildman–Crippen MR) is 348 cm³/mol. The number of ether oxygens (including phenoxy) is 3. The van der Waals surface area contributed by atoms with E-state index in [0.29, 0.717) is 19.3 Å². The number of esters is 3. The molecule has 0 aliphatic carbocycles.